The van der Waals surface area contributed by atoms with Crippen LogP contribution in [-0.2, 0) is 0 Å². The summed E-state index contributed by atoms with van der Waals surface area (Å²) in [4.78, 5) is 11.6. The van der Waals surface area contributed by atoms with Crippen LogP contribution in [0.3, 0.4) is 0 Å². The molecule has 0 aliphatic carbocycles. The van der Waals surface area contributed by atoms with E-state index in [0.29, 0.717) is 12.1 Å². The Balaban J connectivity index is 2.23. The minimum atomic E-state index is -0.0350. The van der Waals surface area contributed by atoms with Crippen LogP contribution in [0.4, 0.5) is 0 Å². The summed E-state index contributed by atoms with van der Waals surface area (Å²) in [6.07, 6.45) is 0.941. The number of hydrogen-bond donors (Lipinski definition) is 1. The summed E-state index contributed by atoms with van der Waals surface area (Å²) >= 11 is 1.30. The lowest BCUT2D eigenvalue weighted by molar-refractivity contribution is 0.0954. The number of fused-ring (bicyclic) bond motifs is 1. The van der Waals surface area contributed by atoms with Gasteiger partial charge in [0, 0.05) is 12.1 Å². The Morgan fingerprint density at radius 3 is 3.20 bits per heavy atom. The van der Waals surface area contributed by atoms with Crippen LogP contribution >= 0.6 is 11.5 Å². The lowest BCUT2D eigenvalue weighted by Crippen LogP contribution is -2.23. The van der Waals surface area contributed by atoms with Crippen molar-refractivity contribution in [3.05, 3.63) is 23.8 Å². The highest BCUT2D eigenvalue weighted by Gasteiger charge is 2.06. The third-order valence-corrected chi connectivity index (χ3v) is 2.73. The zero-order chi connectivity index (χ0) is 10.7. The van der Waals surface area contributed by atoms with E-state index in [1.165, 1.54) is 11.5 Å². The van der Waals surface area contributed by atoms with Gasteiger partial charge in [-0.2, -0.15) is 0 Å². The van der Waals surface area contributed by atoms with Gasteiger partial charge >= 0.3 is 0 Å². The monoisotopic (exact) mass is 221 g/mol. The number of nitrogens with zero attached hydrogens (tertiary/aromatic N) is 2. The molecule has 0 atom stereocenters. The van der Waals surface area contributed by atoms with Crippen molar-refractivity contribution in [2.45, 2.75) is 13.3 Å². The van der Waals surface area contributed by atoms with Gasteiger partial charge in [-0.25, -0.2) is 0 Å². The van der Waals surface area contributed by atoms with Gasteiger partial charge in [0.2, 0.25) is 0 Å². The molecule has 0 aliphatic heterocycles. The van der Waals surface area contributed by atoms with Gasteiger partial charge in [-0.1, -0.05) is 11.4 Å². The molecule has 5 heteroatoms. The van der Waals surface area contributed by atoms with Gasteiger partial charge in [-0.05, 0) is 36.2 Å². The van der Waals surface area contributed by atoms with Crippen LogP contribution in [0.15, 0.2) is 18.2 Å². The SMILES string of the molecule is CCCNC(=O)c1ccc2nnsc2c1. The standard InChI is InChI=1S/C10H11N3OS/c1-2-5-11-10(14)7-3-4-8-9(6-7)15-13-12-8/h3-4,6H,2,5H2,1H3,(H,11,14). The molecule has 0 saturated carbocycles. The molecule has 15 heavy (non-hydrogen) atoms. The van der Waals surface area contributed by atoms with E-state index in [2.05, 4.69) is 14.9 Å². The zero-order valence-electron chi connectivity index (χ0n) is 8.36. The highest BCUT2D eigenvalue weighted by atomic mass is 32.1. The Morgan fingerprint density at radius 1 is 1.53 bits per heavy atom. The van der Waals surface area contributed by atoms with E-state index in [-0.39, 0.29) is 5.91 Å². The first-order valence-corrected chi connectivity index (χ1v) is 5.59. The number of hydrogen-bond acceptors (Lipinski definition) is 4. The van der Waals surface area contributed by atoms with E-state index in [9.17, 15) is 4.79 Å². The Hall–Kier alpha value is -1.49. The van der Waals surface area contributed by atoms with Gasteiger partial charge in [-0.15, -0.1) is 5.10 Å². The number of amides is 1. The third-order valence-electron chi connectivity index (χ3n) is 2.05. The van der Waals surface area contributed by atoms with E-state index < -0.39 is 0 Å². The first-order valence-electron chi connectivity index (χ1n) is 4.81. The molecule has 4 nitrogen and oxygen atoms in total. The van der Waals surface area contributed by atoms with Crippen molar-refractivity contribution in [2.75, 3.05) is 6.54 Å². The second-order valence-electron chi connectivity index (χ2n) is 3.21. The predicted molar refractivity (Wildman–Crippen MR) is 60.0 cm³/mol. The fraction of sp³-hybridized carbons (Fsp3) is 0.300. The minimum absolute atomic E-state index is 0.0350. The molecule has 0 aliphatic rings. The molecule has 1 aromatic heterocycles. The first-order chi connectivity index (χ1) is 7.31. The number of carbonyl (C=O) groups is 1. The number of benzene rings is 1. The first kappa shape index (κ1) is 10.0. The van der Waals surface area contributed by atoms with Gasteiger partial charge < -0.3 is 5.32 Å². The van der Waals surface area contributed by atoms with Crippen molar-refractivity contribution in [1.29, 1.82) is 0 Å². The minimum Gasteiger partial charge on any atom is -0.352 e. The van der Waals surface area contributed by atoms with Gasteiger partial charge in [0.05, 0.1) is 4.70 Å². The van der Waals surface area contributed by atoms with E-state index in [4.69, 9.17) is 0 Å². The molecular formula is C10H11N3OS. The number of carbonyl (C=O) groups excluding carboxylic acids is 1. The number of rotatable bonds is 3. The average molecular weight is 221 g/mol. The summed E-state index contributed by atoms with van der Waals surface area (Å²) < 4.78 is 4.77. The molecule has 0 unspecified atom stereocenters. The zero-order valence-corrected chi connectivity index (χ0v) is 9.17. The van der Waals surface area contributed by atoms with Crippen LogP contribution in [0.5, 0.6) is 0 Å². The fourth-order valence-corrected chi connectivity index (χ4v) is 1.86. The molecule has 1 heterocycles. The maximum atomic E-state index is 11.6. The summed E-state index contributed by atoms with van der Waals surface area (Å²) in [5, 5.41) is 6.75. The summed E-state index contributed by atoms with van der Waals surface area (Å²) in [6.45, 7) is 2.73. The Morgan fingerprint density at radius 2 is 2.40 bits per heavy atom. The Labute approximate surface area is 91.5 Å². The molecule has 0 radical (unpaired) electrons. The van der Waals surface area contributed by atoms with Crippen LogP contribution in [0.25, 0.3) is 10.2 Å². The normalized spacial score (nSPS) is 10.5. The second-order valence-corrected chi connectivity index (χ2v) is 4.00. The van der Waals surface area contributed by atoms with Crippen LogP contribution in [0.1, 0.15) is 23.7 Å². The van der Waals surface area contributed by atoms with E-state index >= 15 is 0 Å². The van der Waals surface area contributed by atoms with Gasteiger partial charge in [0.15, 0.2) is 0 Å². The lowest BCUT2D eigenvalue weighted by atomic mass is 10.2. The van der Waals surface area contributed by atoms with Crippen molar-refractivity contribution in [2.24, 2.45) is 0 Å². The summed E-state index contributed by atoms with van der Waals surface area (Å²) in [6, 6.07) is 5.42. The molecule has 1 amide bonds. The molecule has 1 aromatic carbocycles. The molecule has 2 rings (SSSR count). The highest BCUT2D eigenvalue weighted by molar-refractivity contribution is 7.12. The van der Waals surface area contributed by atoms with Crippen LogP contribution < -0.4 is 5.32 Å². The number of aromatic nitrogens is 2. The van der Waals surface area contributed by atoms with Crippen LogP contribution in [-0.4, -0.2) is 22.0 Å². The summed E-state index contributed by atoms with van der Waals surface area (Å²) in [5.74, 6) is -0.0350. The van der Waals surface area contributed by atoms with Crippen LogP contribution in [0.2, 0.25) is 0 Å². The molecule has 0 saturated heterocycles. The summed E-state index contributed by atoms with van der Waals surface area (Å²) in [5.41, 5.74) is 1.51. The number of nitrogens with one attached hydrogen (secondary N) is 1. The third kappa shape index (κ3) is 2.12. The van der Waals surface area contributed by atoms with Gasteiger partial charge in [0.1, 0.15) is 5.52 Å². The van der Waals surface area contributed by atoms with Gasteiger partial charge in [-0.3, -0.25) is 4.79 Å². The lowest BCUT2D eigenvalue weighted by Gasteiger charge is -2.02. The smallest absolute Gasteiger partial charge is 0.251 e. The fourth-order valence-electron chi connectivity index (χ4n) is 1.26. The predicted octanol–water partition coefficient (Wildman–Crippen LogP) is 1.83. The molecule has 0 fully saturated rings. The van der Waals surface area contributed by atoms with E-state index in [0.717, 1.165) is 16.6 Å². The Bertz CT molecular complexity index is 480. The quantitative estimate of drug-likeness (QED) is 0.860. The maximum absolute atomic E-state index is 11.6. The van der Waals surface area contributed by atoms with E-state index in [1.54, 1.807) is 6.07 Å². The highest BCUT2D eigenvalue weighted by Crippen LogP contribution is 2.16. The van der Waals surface area contributed by atoms with Crippen molar-refractivity contribution in [3.63, 3.8) is 0 Å². The van der Waals surface area contributed by atoms with Gasteiger partial charge in [0.25, 0.3) is 5.91 Å². The molecule has 1 N–H and O–H groups in total. The van der Waals surface area contributed by atoms with Crippen molar-refractivity contribution >= 4 is 27.7 Å². The van der Waals surface area contributed by atoms with Crippen molar-refractivity contribution in [1.82, 2.24) is 14.9 Å². The molecule has 78 valence electrons. The Kier molecular flexibility index (Phi) is 2.91. The maximum Gasteiger partial charge on any atom is 0.251 e. The van der Waals surface area contributed by atoms with E-state index in [1.807, 2.05) is 19.1 Å². The van der Waals surface area contributed by atoms with Crippen molar-refractivity contribution < 1.29 is 4.79 Å². The molecule has 0 bridgehead atoms. The average Bonchev–Trinajstić information content (AvgIpc) is 2.72. The molecule has 2 aromatic rings. The summed E-state index contributed by atoms with van der Waals surface area (Å²) in [7, 11) is 0. The largest absolute Gasteiger partial charge is 0.352 e. The molecule has 0 spiro atoms. The topological polar surface area (TPSA) is 54.9 Å². The van der Waals surface area contributed by atoms with Crippen LogP contribution in [0, 0.1) is 0 Å². The molecular weight excluding hydrogens is 210 g/mol. The van der Waals surface area contributed by atoms with Crippen molar-refractivity contribution in [3.8, 4) is 0 Å². The second kappa shape index (κ2) is 4.35.